The van der Waals surface area contributed by atoms with E-state index in [-0.39, 0.29) is 24.7 Å². The second kappa shape index (κ2) is 7.16. The highest BCUT2D eigenvalue weighted by Gasteiger charge is 2.65. The molecule has 5 heteroatoms. The minimum absolute atomic E-state index is 0.00766. The lowest BCUT2D eigenvalue weighted by molar-refractivity contribution is -0.174. The molecular formula is C20H26O5. The topological polar surface area (TPSA) is 76.1 Å². The molecule has 0 amide bonds. The first-order chi connectivity index (χ1) is 12.0. The Bertz CT molecular complexity index is 628. The molecule has 5 atom stereocenters. The van der Waals surface area contributed by atoms with Crippen LogP contribution < -0.4 is 0 Å². The third-order valence-electron chi connectivity index (χ3n) is 5.69. The van der Waals surface area contributed by atoms with E-state index in [4.69, 9.17) is 9.47 Å². The van der Waals surface area contributed by atoms with E-state index in [1.807, 2.05) is 44.2 Å². The molecule has 1 heterocycles. The van der Waals surface area contributed by atoms with Crippen LogP contribution >= 0.6 is 0 Å². The molecule has 1 saturated heterocycles. The Morgan fingerprint density at radius 3 is 2.68 bits per heavy atom. The first-order valence-electron chi connectivity index (χ1n) is 9.09. The summed E-state index contributed by atoms with van der Waals surface area (Å²) in [6, 6.07) is 9.47. The van der Waals surface area contributed by atoms with Gasteiger partial charge in [0.05, 0.1) is 23.5 Å². The fourth-order valence-electron chi connectivity index (χ4n) is 4.35. The monoisotopic (exact) mass is 346 g/mol. The fourth-order valence-corrected chi connectivity index (χ4v) is 4.35. The van der Waals surface area contributed by atoms with Gasteiger partial charge in [-0.1, -0.05) is 57.0 Å². The Hall–Kier alpha value is -1.88. The predicted octanol–water partition coefficient (Wildman–Crippen LogP) is 3.41. The van der Waals surface area contributed by atoms with Gasteiger partial charge in [-0.3, -0.25) is 9.59 Å². The highest BCUT2D eigenvalue weighted by Crippen LogP contribution is 2.55. The van der Waals surface area contributed by atoms with Crippen molar-refractivity contribution in [2.45, 2.75) is 58.3 Å². The number of unbranched alkanes of at least 4 members (excludes halogenated alkanes) is 1. The van der Waals surface area contributed by atoms with Gasteiger partial charge >= 0.3 is 11.9 Å². The Morgan fingerprint density at radius 1 is 1.32 bits per heavy atom. The van der Waals surface area contributed by atoms with Crippen molar-refractivity contribution in [3.05, 3.63) is 35.9 Å². The largest absolute Gasteiger partial charge is 0.481 e. The van der Waals surface area contributed by atoms with E-state index in [1.54, 1.807) is 0 Å². The van der Waals surface area contributed by atoms with Gasteiger partial charge in [0.1, 0.15) is 6.61 Å². The van der Waals surface area contributed by atoms with Crippen molar-refractivity contribution in [2.24, 2.45) is 17.3 Å². The van der Waals surface area contributed by atoms with E-state index < -0.39 is 23.3 Å². The van der Waals surface area contributed by atoms with Gasteiger partial charge < -0.3 is 14.6 Å². The highest BCUT2D eigenvalue weighted by molar-refractivity contribution is 5.85. The number of carbonyl (C=O) groups is 2. The van der Waals surface area contributed by atoms with Crippen molar-refractivity contribution >= 4 is 11.9 Å². The number of esters is 1. The number of hydrogen-bond donors (Lipinski definition) is 1. The summed E-state index contributed by atoms with van der Waals surface area (Å²) in [7, 11) is 0. The summed E-state index contributed by atoms with van der Waals surface area (Å²) < 4.78 is 11.3. The van der Waals surface area contributed by atoms with Crippen molar-refractivity contribution < 1.29 is 24.2 Å². The zero-order valence-electron chi connectivity index (χ0n) is 14.8. The number of aliphatic carboxylic acids is 1. The number of benzene rings is 1. The van der Waals surface area contributed by atoms with Gasteiger partial charge in [0.2, 0.25) is 0 Å². The van der Waals surface area contributed by atoms with E-state index in [0.717, 1.165) is 18.4 Å². The summed E-state index contributed by atoms with van der Waals surface area (Å²) in [4.78, 5) is 25.1. The lowest BCUT2D eigenvalue weighted by atomic mass is 9.60. The molecule has 0 aromatic heterocycles. The number of rotatable bonds is 7. The maximum absolute atomic E-state index is 13.1. The molecule has 1 N–H and O–H groups in total. The molecule has 136 valence electrons. The van der Waals surface area contributed by atoms with E-state index in [1.165, 1.54) is 0 Å². The van der Waals surface area contributed by atoms with Gasteiger partial charge in [-0.15, -0.1) is 0 Å². The normalized spacial score (nSPS) is 33.4. The molecule has 0 radical (unpaired) electrons. The van der Waals surface area contributed by atoms with Crippen LogP contribution in [0.1, 0.15) is 45.1 Å². The lowest BCUT2D eigenvalue weighted by Crippen LogP contribution is -2.51. The number of carboxylic acid groups (broad SMARTS) is 1. The summed E-state index contributed by atoms with van der Waals surface area (Å²) in [5.41, 5.74) is -0.0916. The summed E-state index contributed by atoms with van der Waals surface area (Å²) >= 11 is 0. The van der Waals surface area contributed by atoms with E-state index in [9.17, 15) is 14.7 Å². The van der Waals surface area contributed by atoms with E-state index in [0.29, 0.717) is 12.8 Å². The summed E-state index contributed by atoms with van der Waals surface area (Å²) in [5, 5.41) is 9.85. The Balaban J connectivity index is 1.83. The number of carboxylic acids is 1. The van der Waals surface area contributed by atoms with Gasteiger partial charge in [0, 0.05) is 0 Å². The molecule has 2 aliphatic rings. The van der Waals surface area contributed by atoms with Gasteiger partial charge in [-0.05, 0) is 24.3 Å². The van der Waals surface area contributed by atoms with Crippen LogP contribution in [0.25, 0.3) is 0 Å². The van der Waals surface area contributed by atoms with Crippen LogP contribution in [0.15, 0.2) is 30.3 Å². The Labute approximate surface area is 148 Å². The van der Waals surface area contributed by atoms with Gasteiger partial charge in [-0.2, -0.15) is 0 Å². The fraction of sp³-hybridized carbons (Fsp3) is 0.600. The standard InChI is InChI=1S/C20H26O5/c1-3-4-10-20(19(23)24-12-14-8-6-5-7-9-14)11-15-17(25-15)13(2)16(20)18(21)22/h5-9,13,15-17H,3-4,10-12H2,1-2H3,(H,21,22). The van der Waals surface area contributed by atoms with Crippen LogP contribution in [0.4, 0.5) is 0 Å². The molecule has 2 fully saturated rings. The first-order valence-corrected chi connectivity index (χ1v) is 9.09. The summed E-state index contributed by atoms with van der Waals surface area (Å²) in [5.74, 6) is -2.25. The molecule has 1 saturated carbocycles. The molecule has 5 unspecified atom stereocenters. The van der Waals surface area contributed by atoms with Crippen molar-refractivity contribution in [3.8, 4) is 0 Å². The molecule has 0 bridgehead atoms. The summed E-state index contributed by atoms with van der Waals surface area (Å²) in [6.07, 6.45) is 2.65. The molecule has 0 spiro atoms. The van der Waals surface area contributed by atoms with Crippen LogP contribution in [0.5, 0.6) is 0 Å². The summed E-state index contributed by atoms with van der Waals surface area (Å²) in [6.45, 7) is 4.10. The quantitative estimate of drug-likeness (QED) is 0.605. The SMILES string of the molecule is CCCCC1(C(=O)OCc2ccccc2)CC2OC2C(C)C1C(=O)O. The molecular weight excluding hydrogens is 320 g/mol. The zero-order chi connectivity index (χ0) is 18.0. The van der Waals surface area contributed by atoms with Crippen LogP contribution in [-0.2, 0) is 25.7 Å². The molecule has 1 aliphatic carbocycles. The molecule has 3 rings (SSSR count). The number of fused-ring (bicyclic) bond motifs is 1. The van der Waals surface area contributed by atoms with Crippen LogP contribution in [0.3, 0.4) is 0 Å². The third kappa shape index (κ3) is 3.43. The van der Waals surface area contributed by atoms with Gasteiger partial charge in [0.25, 0.3) is 0 Å². The van der Waals surface area contributed by atoms with E-state index in [2.05, 4.69) is 0 Å². The molecule has 1 aliphatic heterocycles. The van der Waals surface area contributed by atoms with Crippen molar-refractivity contribution in [3.63, 3.8) is 0 Å². The number of hydrogen-bond acceptors (Lipinski definition) is 4. The van der Waals surface area contributed by atoms with Gasteiger partial charge in [0.15, 0.2) is 0 Å². The second-order valence-corrected chi connectivity index (χ2v) is 7.34. The van der Waals surface area contributed by atoms with Crippen LogP contribution in [0, 0.1) is 17.3 Å². The van der Waals surface area contributed by atoms with Crippen LogP contribution in [0.2, 0.25) is 0 Å². The number of ether oxygens (including phenoxy) is 2. The average Bonchev–Trinajstić information content (AvgIpc) is 3.38. The number of carbonyl (C=O) groups excluding carboxylic acids is 1. The van der Waals surface area contributed by atoms with Crippen molar-refractivity contribution in [2.75, 3.05) is 0 Å². The minimum Gasteiger partial charge on any atom is -0.481 e. The maximum Gasteiger partial charge on any atom is 0.313 e. The van der Waals surface area contributed by atoms with Crippen LogP contribution in [-0.4, -0.2) is 29.3 Å². The molecule has 5 nitrogen and oxygen atoms in total. The van der Waals surface area contributed by atoms with Crippen molar-refractivity contribution in [1.82, 2.24) is 0 Å². The first kappa shape index (κ1) is 17.9. The molecule has 1 aromatic rings. The number of epoxide rings is 1. The maximum atomic E-state index is 13.1. The second-order valence-electron chi connectivity index (χ2n) is 7.34. The lowest BCUT2D eigenvalue weighted by Gasteiger charge is -2.41. The van der Waals surface area contributed by atoms with E-state index >= 15 is 0 Å². The minimum atomic E-state index is -0.992. The molecule has 1 aromatic carbocycles. The Morgan fingerprint density at radius 2 is 2.04 bits per heavy atom. The molecule has 25 heavy (non-hydrogen) atoms. The predicted molar refractivity (Wildman–Crippen MR) is 91.8 cm³/mol. The third-order valence-corrected chi connectivity index (χ3v) is 5.69. The zero-order valence-corrected chi connectivity index (χ0v) is 14.8. The highest BCUT2D eigenvalue weighted by atomic mass is 16.6. The van der Waals surface area contributed by atoms with Crippen molar-refractivity contribution in [1.29, 1.82) is 0 Å². The smallest absolute Gasteiger partial charge is 0.313 e. The average molecular weight is 346 g/mol. The Kier molecular flexibility index (Phi) is 5.13. The van der Waals surface area contributed by atoms with Gasteiger partial charge in [-0.25, -0.2) is 0 Å².